The van der Waals surface area contributed by atoms with Crippen LogP contribution in [0.25, 0.3) is 0 Å². The Morgan fingerprint density at radius 2 is 2.25 bits per heavy atom. The number of hydrogen-bond donors (Lipinski definition) is 2. The number of para-hydroxylation sites is 1. The lowest BCUT2D eigenvalue weighted by Crippen LogP contribution is -2.47. The van der Waals surface area contributed by atoms with Crippen molar-refractivity contribution in [3.63, 3.8) is 0 Å². The Morgan fingerprint density at radius 1 is 1.50 bits per heavy atom. The third-order valence-electron chi connectivity index (χ3n) is 3.62. The van der Waals surface area contributed by atoms with E-state index in [0.717, 1.165) is 5.56 Å². The van der Waals surface area contributed by atoms with E-state index in [9.17, 15) is 9.90 Å². The summed E-state index contributed by atoms with van der Waals surface area (Å²) in [5.74, 6) is 0.287. The third-order valence-corrected chi connectivity index (χ3v) is 3.62. The smallest absolute Gasteiger partial charge is 0.326 e. The van der Waals surface area contributed by atoms with Gasteiger partial charge in [-0.15, -0.1) is 0 Å². The number of hydrogen-bond acceptors (Lipinski definition) is 5. The minimum Gasteiger partial charge on any atom is -0.490 e. The van der Waals surface area contributed by atoms with E-state index in [2.05, 4.69) is 0 Å². The first kappa shape index (κ1) is 14.8. The molecule has 3 N–H and O–H groups in total. The van der Waals surface area contributed by atoms with Gasteiger partial charge in [0, 0.05) is 12.0 Å². The van der Waals surface area contributed by atoms with Crippen LogP contribution < -0.4 is 10.5 Å². The van der Waals surface area contributed by atoms with Gasteiger partial charge in [0.2, 0.25) is 0 Å². The average Bonchev–Trinajstić information content (AvgIpc) is 2.82. The summed E-state index contributed by atoms with van der Waals surface area (Å²) in [6.45, 7) is 2.02. The van der Waals surface area contributed by atoms with Crippen molar-refractivity contribution in [2.24, 2.45) is 5.73 Å². The van der Waals surface area contributed by atoms with Crippen LogP contribution in [0, 0.1) is 0 Å². The molecule has 0 heterocycles. The van der Waals surface area contributed by atoms with Gasteiger partial charge in [0.25, 0.3) is 0 Å². The van der Waals surface area contributed by atoms with Crippen molar-refractivity contribution in [2.45, 2.75) is 44.4 Å². The molecule has 5 heteroatoms. The molecule has 0 aliphatic heterocycles. The maximum absolute atomic E-state index is 11.8. The Kier molecular flexibility index (Phi) is 4.62. The quantitative estimate of drug-likeness (QED) is 0.796. The Morgan fingerprint density at radius 3 is 2.95 bits per heavy atom. The first-order chi connectivity index (χ1) is 9.59. The fourth-order valence-corrected chi connectivity index (χ4v) is 2.52. The van der Waals surface area contributed by atoms with Gasteiger partial charge in [0.15, 0.2) is 0 Å². The average molecular weight is 279 g/mol. The Balaban J connectivity index is 2.01. The number of rotatable bonds is 5. The Labute approximate surface area is 118 Å². The second kappa shape index (κ2) is 6.24. The summed E-state index contributed by atoms with van der Waals surface area (Å²) in [5.41, 5.74) is 5.88. The summed E-state index contributed by atoms with van der Waals surface area (Å²) in [4.78, 5) is 11.8. The van der Waals surface area contributed by atoms with Crippen LogP contribution in [0.5, 0.6) is 5.75 Å². The number of ether oxygens (including phenoxy) is 2. The van der Waals surface area contributed by atoms with Crippen molar-refractivity contribution in [1.82, 2.24) is 0 Å². The Bertz CT molecular complexity index is 477. The van der Waals surface area contributed by atoms with E-state index in [-0.39, 0.29) is 18.7 Å². The molecular formula is C15H21NO4. The van der Waals surface area contributed by atoms with E-state index in [1.54, 1.807) is 6.92 Å². The highest BCUT2D eigenvalue weighted by Crippen LogP contribution is 2.33. The van der Waals surface area contributed by atoms with Gasteiger partial charge in [-0.1, -0.05) is 18.2 Å². The number of nitrogens with two attached hydrogens (primary N) is 1. The van der Waals surface area contributed by atoms with Gasteiger partial charge in [-0.05, 0) is 25.8 Å². The monoisotopic (exact) mass is 279 g/mol. The number of carbonyl (C=O) groups excluding carboxylic acids is 1. The van der Waals surface area contributed by atoms with Crippen LogP contribution in [-0.2, 0) is 16.1 Å². The van der Waals surface area contributed by atoms with Crippen molar-refractivity contribution in [3.8, 4) is 5.75 Å². The minimum absolute atomic E-state index is 0.0749. The lowest BCUT2D eigenvalue weighted by atomic mass is 9.99. The van der Waals surface area contributed by atoms with E-state index < -0.39 is 5.54 Å². The molecule has 110 valence electrons. The van der Waals surface area contributed by atoms with Gasteiger partial charge in [0.1, 0.15) is 17.4 Å². The highest BCUT2D eigenvalue weighted by Gasteiger charge is 2.44. The maximum Gasteiger partial charge on any atom is 0.326 e. The molecule has 2 unspecified atom stereocenters. The van der Waals surface area contributed by atoms with Crippen molar-refractivity contribution in [3.05, 3.63) is 29.8 Å². The Hall–Kier alpha value is -1.59. The molecular weight excluding hydrogens is 258 g/mol. The summed E-state index contributed by atoms with van der Waals surface area (Å²) in [6.07, 6.45) is 1.57. The van der Waals surface area contributed by atoms with Gasteiger partial charge < -0.3 is 20.3 Å². The predicted octanol–water partition coefficient (Wildman–Crippen LogP) is 1.37. The van der Waals surface area contributed by atoms with Crippen LogP contribution in [-0.4, -0.2) is 29.3 Å². The van der Waals surface area contributed by atoms with Crippen LogP contribution >= 0.6 is 0 Å². The molecule has 2 rings (SSSR count). The van der Waals surface area contributed by atoms with Crippen LogP contribution in [0.4, 0.5) is 0 Å². The number of carbonyl (C=O) groups is 1. The molecule has 0 aromatic heterocycles. The number of aliphatic hydroxyl groups excluding tert-OH is 1. The van der Waals surface area contributed by atoms with Crippen molar-refractivity contribution >= 4 is 5.97 Å². The van der Waals surface area contributed by atoms with Crippen molar-refractivity contribution in [2.75, 3.05) is 6.61 Å². The van der Waals surface area contributed by atoms with Gasteiger partial charge in [-0.25, -0.2) is 0 Å². The zero-order chi connectivity index (χ0) is 14.6. The fraction of sp³-hybridized carbons (Fsp3) is 0.533. The summed E-state index contributed by atoms with van der Waals surface area (Å²) in [7, 11) is 0. The van der Waals surface area contributed by atoms with Crippen molar-refractivity contribution < 1.29 is 19.4 Å². The molecule has 5 nitrogen and oxygen atoms in total. The highest BCUT2D eigenvalue weighted by atomic mass is 16.5. The standard InChI is InChI=1S/C15H21NO4/c1-2-19-14(18)15(16)8-7-12(9-15)20-13-6-4-3-5-11(13)10-17/h3-6,12,17H,2,7-10,16H2,1H3. The molecule has 0 spiro atoms. The molecule has 1 fully saturated rings. The van der Waals surface area contributed by atoms with Crippen LogP contribution in [0.1, 0.15) is 31.7 Å². The van der Waals surface area contributed by atoms with E-state index >= 15 is 0 Å². The van der Waals surface area contributed by atoms with Crippen LogP contribution in [0.15, 0.2) is 24.3 Å². The molecule has 1 saturated carbocycles. The SMILES string of the molecule is CCOC(=O)C1(N)CCC(Oc2ccccc2CO)C1. The first-order valence-corrected chi connectivity index (χ1v) is 6.90. The zero-order valence-electron chi connectivity index (χ0n) is 11.7. The van der Waals surface area contributed by atoms with Crippen LogP contribution in [0.2, 0.25) is 0 Å². The van der Waals surface area contributed by atoms with Gasteiger partial charge in [-0.3, -0.25) is 4.79 Å². The highest BCUT2D eigenvalue weighted by molar-refractivity contribution is 5.81. The second-order valence-corrected chi connectivity index (χ2v) is 5.13. The zero-order valence-corrected chi connectivity index (χ0v) is 11.7. The van der Waals surface area contributed by atoms with Gasteiger partial charge in [0.05, 0.1) is 13.2 Å². The molecule has 0 bridgehead atoms. The van der Waals surface area contributed by atoms with E-state index in [1.165, 1.54) is 0 Å². The molecule has 0 saturated heterocycles. The van der Waals surface area contributed by atoms with Crippen molar-refractivity contribution in [1.29, 1.82) is 0 Å². The molecule has 1 aliphatic carbocycles. The molecule has 1 aromatic rings. The molecule has 1 aromatic carbocycles. The number of benzene rings is 1. The predicted molar refractivity (Wildman–Crippen MR) is 74.2 cm³/mol. The first-order valence-electron chi connectivity index (χ1n) is 6.90. The van der Waals surface area contributed by atoms with Crippen LogP contribution in [0.3, 0.4) is 0 Å². The second-order valence-electron chi connectivity index (χ2n) is 5.13. The number of aliphatic hydroxyl groups is 1. The summed E-state index contributed by atoms with van der Waals surface area (Å²) in [6, 6.07) is 7.32. The maximum atomic E-state index is 11.8. The molecule has 1 aliphatic rings. The number of esters is 1. The molecule has 0 radical (unpaired) electrons. The lowest BCUT2D eigenvalue weighted by Gasteiger charge is -2.22. The normalized spacial score (nSPS) is 25.4. The minimum atomic E-state index is -0.950. The summed E-state index contributed by atoms with van der Waals surface area (Å²) < 4.78 is 10.9. The largest absolute Gasteiger partial charge is 0.490 e. The third kappa shape index (κ3) is 3.11. The molecule has 20 heavy (non-hydrogen) atoms. The van der Waals surface area contributed by atoms with E-state index in [0.29, 0.717) is 31.6 Å². The summed E-state index contributed by atoms with van der Waals surface area (Å²) in [5, 5.41) is 9.27. The van der Waals surface area contributed by atoms with Gasteiger partial charge in [-0.2, -0.15) is 0 Å². The van der Waals surface area contributed by atoms with Gasteiger partial charge >= 0.3 is 5.97 Å². The summed E-state index contributed by atoms with van der Waals surface area (Å²) >= 11 is 0. The molecule has 2 atom stereocenters. The fourth-order valence-electron chi connectivity index (χ4n) is 2.52. The van der Waals surface area contributed by atoms with E-state index in [4.69, 9.17) is 15.2 Å². The topological polar surface area (TPSA) is 81.8 Å². The lowest BCUT2D eigenvalue weighted by molar-refractivity contribution is -0.149. The van der Waals surface area contributed by atoms with E-state index in [1.807, 2.05) is 24.3 Å². The molecule has 0 amide bonds.